The van der Waals surface area contributed by atoms with E-state index in [1.165, 1.54) is 24.4 Å². The highest BCUT2D eigenvalue weighted by atomic mass is 16.5. The minimum absolute atomic E-state index is 0.0743. The lowest BCUT2D eigenvalue weighted by Crippen LogP contribution is -2.56. The molecule has 1 fully saturated rings. The van der Waals surface area contributed by atoms with Gasteiger partial charge in [-0.05, 0) is 19.1 Å². The molecule has 1 saturated heterocycles. The van der Waals surface area contributed by atoms with Crippen LogP contribution in [0.4, 0.5) is 0 Å². The average molecular weight is 406 g/mol. The summed E-state index contributed by atoms with van der Waals surface area (Å²) in [6, 6.07) is 8.76. The molecule has 1 aromatic carbocycles. The van der Waals surface area contributed by atoms with E-state index < -0.39 is 11.7 Å². The molecule has 2 amide bonds. The summed E-state index contributed by atoms with van der Waals surface area (Å²) in [5, 5.41) is 0.538. The molecule has 0 saturated carbocycles. The lowest BCUT2D eigenvalue weighted by molar-refractivity contribution is -0.130. The van der Waals surface area contributed by atoms with Gasteiger partial charge in [0, 0.05) is 37.4 Å². The third-order valence-electron chi connectivity index (χ3n) is 5.41. The normalized spacial score (nSPS) is 16.5. The number of aromatic amines is 1. The van der Waals surface area contributed by atoms with Crippen LogP contribution < -0.4 is 4.74 Å². The van der Waals surface area contributed by atoms with Gasteiger partial charge in [0.15, 0.2) is 0 Å². The SMILES string of the molecule is COc1cncc2[nH]cc(C(=O)C(=O)N3CCN(C(=O)c4ccccc4)C[C@H]3C)c12. The fraction of sp³-hybridized carbons (Fsp3) is 0.273. The van der Waals surface area contributed by atoms with Gasteiger partial charge in [-0.1, -0.05) is 18.2 Å². The van der Waals surface area contributed by atoms with Gasteiger partial charge in [-0.15, -0.1) is 0 Å². The number of nitrogens with zero attached hydrogens (tertiary/aromatic N) is 3. The smallest absolute Gasteiger partial charge is 0.295 e. The molecule has 8 nitrogen and oxygen atoms in total. The highest BCUT2D eigenvalue weighted by Gasteiger charge is 2.34. The number of benzene rings is 1. The summed E-state index contributed by atoms with van der Waals surface area (Å²) in [6.45, 7) is 2.88. The van der Waals surface area contributed by atoms with Crippen molar-refractivity contribution in [3.05, 3.63) is 60.0 Å². The summed E-state index contributed by atoms with van der Waals surface area (Å²) in [7, 11) is 1.49. The van der Waals surface area contributed by atoms with E-state index in [0.717, 1.165) is 0 Å². The lowest BCUT2D eigenvalue weighted by atomic mass is 10.1. The van der Waals surface area contributed by atoms with Crippen molar-refractivity contribution >= 4 is 28.5 Å². The van der Waals surface area contributed by atoms with Gasteiger partial charge in [0.1, 0.15) is 5.75 Å². The highest BCUT2D eigenvalue weighted by molar-refractivity contribution is 6.45. The molecule has 0 unspecified atom stereocenters. The molecule has 1 aliphatic rings. The zero-order chi connectivity index (χ0) is 21.3. The number of pyridine rings is 1. The number of hydrogen-bond acceptors (Lipinski definition) is 5. The quantitative estimate of drug-likeness (QED) is 0.529. The van der Waals surface area contributed by atoms with Crippen molar-refractivity contribution in [3.8, 4) is 5.75 Å². The Hall–Kier alpha value is -3.68. The van der Waals surface area contributed by atoms with E-state index in [2.05, 4.69) is 9.97 Å². The topological polar surface area (TPSA) is 95.6 Å². The van der Waals surface area contributed by atoms with Crippen LogP contribution >= 0.6 is 0 Å². The number of carbonyl (C=O) groups excluding carboxylic acids is 3. The Morgan fingerprint density at radius 2 is 1.90 bits per heavy atom. The maximum atomic E-state index is 13.0. The van der Waals surface area contributed by atoms with Gasteiger partial charge in [0.2, 0.25) is 0 Å². The van der Waals surface area contributed by atoms with Crippen molar-refractivity contribution in [2.75, 3.05) is 26.7 Å². The van der Waals surface area contributed by atoms with Crippen LogP contribution in [0, 0.1) is 0 Å². The van der Waals surface area contributed by atoms with E-state index in [1.54, 1.807) is 23.2 Å². The number of ketones is 1. The number of ether oxygens (including phenoxy) is 1. The van der Waals surface area contributed by atoms with Crippen molar-refractivity contribution in [2.24, 2.45) is 0 Å². The second-order valence-electron chi connectivity index (χ2n) is 7.26. The van der Waals surface area contributed by atoms with Crippen LogP contribution in [-0.2, 0) is 4.79 Å². The van der Waals surface area contributed by atoms with E-state index in [4.69, 9.17) is 4.74 Å². The number of carbonyl (C=O) groups is 3. The standard InChI is InChI=1S/C22H22N4O4/c1-14-13-25(21(28)15-6-4-3-5-7-15)8-9-26(14)22(29)20(27)16-10-24-17-11-23-12-18(30-2)19(16)17/h3-7,10-12,14,24H,8-9,13H2,1-2H3/t14-/m1/s1. The lowest BCUT2D eigenvalue weighted by Gasteiger charge is -2.39. The van der Waals surface area contributed by atoms with Gasteiger partial charge in [0.25, 0.3) is 17.6 Å². The molecule has 3 heterocycles. The number of piperazine rings is 1. The number of Topliss-reactive ketones (excluding diaryl/α,β-unsaturated/α-hetero) is 1. The first-order chi connectivity index (χ1) is 14.5. The number of aromatic nitrogens is 2. The zero-order valence-corrected chi connectivity index (χ0v) is 16.8. The van der Waals surface area contributed by atoms with Crippen molar-refractivity contribution in [2.45, 2.75) is 13.0 Å². The fourth-order valence-electron chi connectivity index (χ4n) is 3.84. The molecule has 0 bridgehead atoms. The molecule has 1 N–H and O–H groups in total. The minimum Gasteiger partial charge on any atom is -0.494 e. The average Bonchev–Trinajstić information content (AvgIpc) is 3.22. The van der Waals surface area contributed by atoms with Crippen LogP contribution in [0.1, 0.15) is 27.6 Å². The maximum Gasteiger partial charge on any atom is 0.295 e. The summed E-state index contributed by atoms with van der Waals surface area (Å²) in [5.74, 6) is -0.847. The Morgan fingerprint density at radius 3 is 2.60 bits per heavy atom. The van der Waals surface area contributed by atoms with Gasteiger partial charge in [-0.2, -0.15) is 0 Å². The number of amides is 2. The molecular formula is C22H22N4O4. The molecule has 0 spiro atoms. The first kappa shape index (κ1) is 19.6. The van der Waals surface area contributed by atoms with E-state index >= 15 is 0 Å². The van der Waals surface area contributed by atoms with Crippen LogP contribution in [0.2, 0.25) is 0 Å². The Morgan fingerprint density at radius 1 is 1.13 bits per heavy atom. The maximum absolute atomic E-state index is 13.0. The Balaban J connectivity index is 1.51. The minimum atomic E-state index is -0.611. The molecule has 3 aromatic rings. The summed E-state index contributed by atoms with van der Waals surface area (Å²) in [4.78, 5) is 49.0. The van der Waals surface area contributed by atoms with Gasteiger partial charge in [-0.25, -0.2) is 0 Å². The van der Waals surface area contributed by atoms with E-state index in [1.807, 2.05) is 25.1 Å². The van der Waals surface area contributed by atoms with Crippen molar-refractivity contribution in [1.29, 1.82) is 0 Å². The van der Waals surface area contributed by atoms with Gasteiger partial charge < -0.3 is 19.5 Å². The monoisotopic (exact) mass is 406 g/mol. The zero-order valence-electron chi connectivity index (χ0n) is 16.8. The number of methoxy groups -OCH3 is 1. The Labute approximate surface area is 173 Å². The molecule has 0 radical (unpaired) electrons. The Kier molecular flexibility index (Phi) is 5.22. The van der Waals surface area contributed by atoms with Crippen LogP contribution in [0.5, 0.6) is 5.75 Å². The molecule has 4 rings (SSSR count). The predicted molar refractivity (Wildman–Crippen MR) is 110 cm³/mol. The first-order valence-corrected chi connectivity index (χ1v) is 9.70. The third kappa shape index (κ3) is 3.41. The summed E-state index contributed by atoms with van der Waals surface area (Å²) < 4.78 is 5.30. The molecule has 1 aliphatic heterocycles. The largest absolute Gasteiger partial charge is 0.494 e. The van der Waals surface area contributed by atoms with Crippen LogP contribution in [0.25, 0.3) is 10.9 Å². The van der Waals surface area contributed by atoms with Crippen LogP contribution in [0.15, 0.2) is 48.9 Å². The molecule has 8 heteroatoms. The van der Waals surface area contributed by atoms with E-state index in [0.29, 0.717) is 41.9 Å². The second-order valence-corrected chi connectivity index (χ2v) is 7.26. The van der Waals surface area contributed by atoms with Crippen molar-refractivity contribution < 1.29 is 19.1 Å². The van der Waals surface area contributed by atoms with Crippen LogP contribution in [-0.4, -0.2) is 70.2 Å². The molecule has 30 heavy (non-hydrogen) atoms. The number of nitrogens with one attached hydrogen (secondary N) is 1. The number of hydrogen-bond donors (Lipinski definition) is 1. The number of rotatable bonds is 4. The van der Waals surface area contributed by atoms with E-state index in [9.17, 15) is 14.4 Å². The molecule has 1 atom stereocenters. The number of fused-ring (bicyclic) bond motifs is 1. The van der Waals surface area contributed by atoms with E-state index in [-0.39, 0.29) is 17.5 Å². The van der Waals surface area contributed by atoms with Gasteiger partial charge in [0.05, 0.1) is 36.0 Å². The summed E-state index contributed by atoms with van der Waals surface area (Å²) in [6.07, 6.45) is 4.60. The number of H-pyrrole nitrogens is 1. The third-order valence-corrected chi connectivity index (χ3v) is 5.41. The van der Waals surface area contributed by atoms with Crippen molar-refractivity contribution in [1.82, 2.24) is 19.8 Å². The molecule has 154 valence electrons. The summed E-state index contributed by atoms with van der Waals surface area (Å²) in [5.41, 5.74) is 1.49. The summed E-state index contributed by atoms with van der Waals surface area (Å²) >= 11 is 0. The predicted octanol–water partition coefficient (Wildman–Crippen LogP) is 2.13. The molecule has 2 aromatic heterocycles. The van der Waals surface area contributed by atoms with Gasteiger partial charge in [-0.3, -0.25) is 19.4 Å². The van der Waals surface area contributed by atoms with Crippen LogP contribution in [0.3, 0.4) is 0 Å². The van der Waals surface area contributed by atoms with Crippen molar-refractivity contribution in [3.63, 3.8) is 0 Å². The fourth-order valence-corrected chi connectivity index (χ4v) is 3.84. The molecule has 0 aliphatic carbocycles. The molecular weight excluding hydrogens is 384 g/mol. The Bertz CT molecular complexity index is 1110. The first-order valence-electron chi connectivity index (χ1n) is 9.70. The second kappa shape index (κ2) is 7.98. The van der Waals surface area contributed by atoms with Gasteiger partial charge >= 0.3 is 0 Å². The highest BCUT2D eigenvalue weighted by Crippen LogP contribution is 2.28.